The first kappa shape index (κ1) is 18.8. The SMILES string of the molecule is O=C(COC(=O)c1cc2c(s1)CCCC2)NCCc1ccc2c(c1)OCCO2. The van der Waals surface area contributed by atoms with Crippen LogP contribution in [0.4, 0.5) is 0 Å². The van der Waals surface area contributed by atoms with E-state index in [1.165, 1.54) is 34.6 Å². The van der Waals surface area contributed by atoms with Gasteiger partial charge in [0.25, 0.3) is 5.91 Å². The van der Waals surface area contributed by atoms with Crippen molar-refractivity contribution in [2.75, 3.05) is 26.4 Å². The monoisotopic (exact) mass is 401 g/mol. The van der Waals surface area contributed by atoms with Gasteiger partial charge in [-0.3, -0.25) is 4.79 Å². The molecule has 0 saturated heterocycles. The molecule has 6 nitrogen and oxygen atoms in total. The summed E-state index contributed by atoms with van der Waals surface area (Å²) in [5.74, 6) is 0.775. The number of carbonyl (C=O) groups excluding carboxylic acids is 2. The average Bonchev–Trinajstić information content (AvgIpc) is 3.16. The van der Waals surface area contributed by atoms with Crippen LogP contribution in [0.5, 0.6) is 11.5 Å². The van der Waals surface area contributed by atoms with Crippen LogP contribution >= 0.6 is 11.3 Å². The number of hydrogen-bond donors (Lipinski definition) is 1. The zero-order valence-corrected chi connectivity index (χ0v) is 16.4. The van der Waals surface area contributed by atoms with E-state index in [1.807, 2.05) is 24.3 Å². The largest absolute Gasteiger partial charge is 0.486 e. The minimum atomic E-state index is -0.415. The highest BCUT2D eigenvalue weighted by Crippen LogP contribution is 2.31. The number of esters is 1. The normalized spacial score (nSPS) is 14.9. The number of rotatable bonds is 6. The molecule has 0 spiro atoms. The number of fused-ring (bicyclic) bond motifs is 2. The van der Waals surface area contributed by atoms with Gasteiger partial charge in [0.2, 0.25) is 0 Å². The van der Waals surface area contributed by atoms with Gasteiger partial charge in [0.1, 0.15) is 18.1 Å². The summed E-state index contributed by atoms with van der Waals surface area (Å²) in [6, 6.07) is 7.69. The Bertz CT molecular complexity index is 852. The average molecular weight is 401 g/mol. The molecular formula is C21H23NO5S. The standard InChI is InChI=1S/C21H23NO5S/c23-20(13-27-21(24)19-12-15-3-1-2-4-18(15)28-19)22-8-7-14-5-6-16-17(11-14)26-10-9-25-16/h5-6,11-12H,1-4,7-10,13H2,(H,22,23). The van der Waals surface area contributed by atoms with E-state index in [0.29, 0.717) is 31.1 Å². The van der Waals surface area contributed by atoms with E-state index in [1.54, 1.807) is 0 Å². The third kappa shape index (κ3) is 4.47. The molecule has 2 aromatic rings. The van der Waals surface area contributed by atoms with Gasteiger partial charge in [0.15, 0.2) is 18.1 Å². The first-order valence-electron chi connectivity index (χ1n) is 9.63. The highest BCUT2D eigenvalue weighted by Gasteiger charge is 2.19. The van der Waals surface area contributed by atoms with Crippen molar-refractivity contribution >= 4 is 23.2 Å². The molecule has 1 N–H and O–H groups in total. The molecular weight excluding hydrogens is 378 g/mol. The number of benzene rings is 1. The lowest BCUT2D eigenvalue weighted by atomic mass is 9.99. The molecule has 0 bridgehead atoms. The van der Waals surface area contributed by atoms with E-state index >= 15 is 0 Å². The molecule has 1 amide bonds. The Hall–Kier alpha value is -2.54. The van der Waals surface area contributed by atoms with Crippen LogP contribution in [0.1, 0.15) is 38.5 Å². The van der Waals surface area contributed by atoms with E-state index in [-0.39, 0.29) is 12.5 Å². The van der Waals surface area contributed by atoms with Gasteiger partial charge in [0.05, 0.1) is 0 Å². The number of aryl methyl sites for hydroxylation is 2. The van der Waals surface area contributed by atoms with Gasteiger partial charge in [-0.15, -0.1) is 11.3 Å². The number of carbonyl (C=O) groups is 2. The van der Waals surface area contributed by atoms with Crippen molar-refractivity contribution in [2.24, 2.45) is 0 Å². The molecule has 2 heterocycles. The lowest BCUT2D eigenvalue weighted by Gasteiger charge is -2.18. The number of nitrogens with one attached hydrogen (secondary N) is 1. The minimum Gasteiger partial charge on any atom is -0.486 e. The maximum absolute atomic E-state index is 12.2. The lowest BCUT2D eigenvalue weighted by molar-refractivity contribution is -0.124. The van der Waals surface area contributed by atoms with E-state index in [0.717, 1.165) is 29.9 Å². The highest BCUT2D eigenvalue weighted by molar-refractivity contribution is 7.14. The Morgan fingerprint density at radius 2 is 1.89 bits per heavy atom. The first-order chi connectivity index (χ1) is 13.7. The van der Waals surface area contributed by atoms with Crippen LogP contribution < -0.4 is 14.8 Å². The van der Waals surface area contributed by atoms with Gasteiger partial charge >= 0.3 is 5.97 Å². The lowest BCUT2D eigenvalue weighted by Crippen LogP contribution is -2.30. The van der Waals surface area contributed by atoms with E-state index in [9.17, 15) is 9.59 Å². The summed E-state index contributed by atoms with van der Waals surface area (Å²) in [4.78, 5) is 26.0. The van der Waals surface area contributed by atoms with E-state index in [2.05, 4.69) is 5.32 Å². The Morgan fingerprint density at radius 3 is 2.75 bits per heavy atom. The van der Waals surface area contributed by atoms with Gasteiger partial charge in [0, 0.05) is 11.4 Å². The third-order valence-corrected chi connectivity index (χ3v) is 6.09. The Morgan fingerprint density at radius 1 is 1.07 bits per heavy atom. The van der Waals surface area contributed by atoms with Gasteiger partial charge in [-0.2, -0.15) is 0 Å². The predicted octanol–water partition coefficient (Wildman–Crippen LogP) is 2.91. The highest BCUT2D eigenvalue weighted by atomic mass is 32.1. The van der Waals surface area contributed by atoms with Crippen LogP contribution in [0.2, 0.25) is 0 Å². The van der Waals surface area contributed by atoms with Crippen LogP contribution in [0, 0.1) is 0 Å². The van der Waals surface area contributed by atoms with Gasteiger partial charge in [-0.1, -0.05) is 6.07 Å². The van der Waals surface area contributed by atoms with Gasteiger partial charge in [-0.05, 0) is 61.4 Å². The van der Waals surface area contributed by atoms with Crippen molar-refractivity contribution in [1.82, 2.24) is 5.32 Å². The second-order valence-electron chi connectivity index (χ2n) is 6.92. The molecule has 7 heteroatoms. The van der Waals surface area contributed by atoms with Crippen molar-refractivity contribution in [3.63, 3.8) is 0 Å². The molecule has 148 valence electrons. The summed E-state index contributed by atoms with van der Waals surface area (Å²) in [7, 11) is 0. The van der Waals surface area contributed by atoms with E-state index < -0.39 is 5.97 Å². The molecule has 0 radical (unpaired) electrons. The van der Waals surface area contributed by atoms with Gasteiger partial charge < -0.3 is 19.5 Å². The summed E-state index contributed by atoms with van der Waals surface area (Å²) in [5.41, 5.74) is 2.30. The Balaban J connectivity index is 1.20. The van der Waals surface area contributed by atoms with Crippen LogP contribution in [0.3, 0.4) is 0 Å². The van der Waals surface area contributed by atoms with Crippen molar-refractivity contribution in [3.05, 3.63) is 45.1 Å². The molecule has 0 unspecified atom stereocenters. The number of amides is 1. The molecule has 4 rings (SSSR count). The number of thiophene rings is 1. The smallest absolute Gasteiger partial charge is 0.348 e. The molecule has 1 aromatic heterocycles. The second-order valence-corrected chi connectivity index (χ2v) is 8.06. The van der Waals surface area contributed by atoms with Crippen molar-refractivity contribution < 1.29 is 23.8 Å². The number of hydrogen-bond acceptors (Lipinski definition) is 6. The van der Waals surface area contributed by atoms with Crippen molar-refractivity contribution in [2.45, 2.75) is 32.1 Å². The summed E-state index contributed by atoms with van der Waals surface area (Å²) in [6.45, 7) is 1.31. The minimum absolute atomic E-state index is 0.261. The molecule has 28 heavy (non-hydrogen) atoms. The summed E-state index contributed by atoms with van der Waals surface area (Å²) in [5, 5.41) is 2.78. The molecule has 0 fully saturated rings. The third-order valence-electron chi connectivity index (χ3n) is 4.87. The molecule has 2 aliphatic rings. The summed E-state index contributed by atoms with van der Waals surface area (Å²) >= 11 is 1.49. The Labute approximate surface area is 167 Å². The molecule has 0 saturated carbocycles. The van der Waals surface area contributed by atoms with Crippen LogP contribution in [-0.4, -0.2) is 38.2 Å². The molecule has 0 atom stereocenters. The van der Waals surface area contributed by atoms with Crippen LogP contribution in [0.15, 0.2) is 24.3 Å². The fraction of sp³-hybridized carbons (Fsp3) is 0.429. The van der Waals surface area contributed by atoms with Gasteiger partial charge in [-0.25, -0.2) is 4.79 Å². The molecule has 1 aliphatic carbocycles. The molecule has 1 aromatic carbocycles. The first-order valence-corrected chi connectivity index (χ1v) is 10.4. The Kier molecular flexibility index (Phi) is 5.81. The zero-order valence-electron chi connectivity index (χ0n) is 15.6. The summed E-state index contributed by atoms with van der Waals surface area (Å²) in [6.07, 6.45) is 5.07. The van der Waals surface area contributed by atoms with Crippen LogP contribution in [-0.2, 0) is 28.8 Å². The number of ether oxygens (including phenoxy) is 3. The summed E-state index contributed by atoms with van der Waals surface area (Å²) < 4.78 is 16.2. The van der Waals surface area contributed by atoms with E-state index in [4.69, 9.17) is 14.2 Å². The van der Waals surface area contributed by atoms with Crippen LogP contribution in [0.25, 0.3) is 0 Å². The maximum atomic E-state index is 12.2. The van der Waals surface area contributed by atoms with Crippen molar-refractivity contribution in [1.29, 1.82) is 0 Å². The molecule has 1 aliphatic heterocycles. The zero-order chi connectivity index (χ0) is 19.3. The fourth-order valence-electron chi connectivity index (χ4n) is 3.43. The quantitative estimate of drug-likeness (QED) is 0.754. The second kappa shape index (κ2) is 8.65. The fourth-order valence-corrected chi connectivity index (χ4v) is 4.58. The topological polar surface area (TPSA) is 73.9 Å². The predicted molar refractivity (Wildman–Crippen MR) is 105 cm³/mol. The maximum Gasteiger partial charge on any atom is 0.348 e. The van der Waals surface area contributed by atoms with Crippen molar-refractivity contribution in [3.8, 4) is 11.5 Å².